The van der Waals surface area contributed by atoms with Crippen LogP contribution in [-0.4, -0.2) is 40.5 Å². The van der Waals surface area contributed by atoms with Crippen LogP contribution in [0.5, 0.6) is 0 Å². The molecule has 0 unspecified atom stereocenters. The van der Waals surface area contributed by atoms with E-state index in [1.165, 1.54) is 40.5 Å². The van der Waals surface area contributed by atoms with Crippen molar-refractivity contribution in [2.24, 2.45) is 0 Å². The van der Waals surface area contributed by atoms with Gasteiger partial charge in [-0.25, -0.2) is 14.4 Å². The van der Waals surface area contributed by atoms with Crippen molar-refractivity contribution < 1.29 is 4.39 Å². The van der Waals surface area contributed by atoms with Crippen molar-refractivity contribution in [2.75, 3.05) is 36.0 Å². The highest BCUT2D eigenvalue weighted by Gasteiger charge is 2.23. The van der Waals surface area contributed by atoms with Gasteiger partial charge >= 0.3 is 0 Å². The van der Waals surface area contributed by atoms with Crippen LogP contribution in [0.1, 0.15) is 11.1 Å². The molecule has 30 heavy (non-hydrogen) atoms. The van der Waals surface area contributed by atoms with Crippen LogP contribution in [0, 0.1) is 19.7 Å². The van der Waals surface area contributed by atoms with Gasteiger partial charge in [0, 0.05) is 37.4 Å². The topological polar surface area (TPSA) is 45.2 Å². The van der Waals surface area contributed by atoms with E-state index >= 15 is 0 Å². The lowest BCUT2D eigenvalue weighted by atomic mass is 10.1. The molecule has 0 N–H and O–H groups in total. The molecule has 0 saturated carbocycles. The van der Waals surface area contributed by atoms with E-state index < -0.39 is 0 Å². The van der Waals surface area contributed by atoms with Crippen molar-refractivity contribution in [1.29, 1.82) is 0 Å². The summed E-state index contributed by atoms with van der Waals surface area (Å²) in [5, 5.41) is 0. The van der Waals surface area contributed by atoms with Crippen molar-refractivity contribution >= 4 is 33.3 Å². The molecule has 2 aromatic heterocycles. The molecule has 3 heterocycles. The molecule has 1 fully saturated rings. The third-order valence-electron chi connectivity index (χ3n) is 5.64. The molecule has 1 aliphatic heterocycles. The quantitative estimate of drug-likeness (QED) is 0.476. The maximum atomic E-state index is 13.3. The molecule has 1 aliphatic rings. The first-order chi connectivity index (χ1) is 14.6. The highest BCUT2D eigenvalue weighted by molar-refractivity contribution is 7.14. The summed E-state index contributed by atoms with van der Waals surface area (Å²) >= 11 is 1.41. The van der Waals surface area contributed by atoms with Crippen molar-refractivity contribution in [3.8, 4) is 11.3 Å². The minimum atomic E-state index is -0.254. The highest BCUT2D eigenvalue weighted by Crippen LogP contribution is 2.35. The lowest BCUT2D eigenvalue weighted by molar-refractivity contribution is 0.628. The fourth-order valence-electron chi connectivity index (χ4n) is 3.99. The van der Waals surface area contributed by atoms with Crippen LogP contribution in [-0.2, 0) is 0 Å². The lowest BCUT2D eigenvalue weighted by Gasteiger charge is -2.37. The highest BCUT2D eigenvalue weighted by atomic mass is 32.1. The van der Waals surface area contributed by atoms with Crippen molar-refractivity contribution in [3.05, 3.63) is 65.7 Å². The normalized spacial score (nSPS) is 14.5. The van der Waals surface area contributed by atoms with Crippen LogP contribution in [0.3, 0.4) is 0 Å². The first-order valence-corrected chi connectivity index (χ1v) is 10.8. The number of rotatable bonds is 3. The molecule has 2 aromatic carbocycles. The SMILES string of the molecule is Cc1ccc(C)c(N2CCN(c3ncnc4c(-c5ccc(F)cc5)nsc34)CC2)c1. The Kier molecular flexibility index (Phi) is 4.83. The second-order valence-electron chi connectivity index (χ2n) is 7.68. The fraction of sp³-hybridized carbons (Fsp3) is 0.261. The van der Waals surface area contributed by atoms with Gasteiger partial charge in [0.1, 0.15) is 28.1 Å². The smallest absolute Gasteiger partial charge is 0.151 e. The standard InChI is InChI=1S/C23H22FN5S/c1-15-3-4-16(2)19(13-15)28-9-11-29(12-10-28)23-22-21(25-14-26-23)20(27-30-22)17-5-7-18(24)8-6-17/h3-8,13-14H,9-12H2,1-2H3. The Bertz CT molecular complexity index is 1200. The summed E-state index contributed by atoms with van der Waals surface area (Å²) in [5.74, 6) is 0.682. The molecule has 0 amide bonds. The first kappa shape index (κ1) is 18.9. The van der Waals surface area contributed by atoms with Gasteiger partial charge in [0.05, 0.1) is 0 Å². The summed E-state index contributed by atoms with van der Waals surface area (Å²) in [5.41, 5.74) is 6.39. The maximum Gasteiger partial charge on any atom is 0.151 e. The zero-order chi connectivity index (χ0) is 20.7. The number of piperazine rings is 1. The van der Waals surface area contributed by atoms with E-state index in [2.05, 4.69) is 56.2 Å². The van der Waals surface area contributed by atoms with E-state index in [9.17, 15) is 4.39 Å². The van der Waals surface area contributed by atoms with Gasteiger partial charge in [0.15, 0.2) is 5.82 Å². The average molecular weight is 420 g/mol. The summed E-state index contributed by atoms with van der Waals surface area (Å²) in [4.78, 5) is 13.8. The predicted octanol–water partition coefficient (Wildman–Crippen LogP) is 4.84. The van der Waals surface area contributed by atoms with Crippen molar-refractivity contribution in [2.45, 2.75) is 13.8 Å². The molecule has 0 aliphatic carbocycles. The molecule has 0 bridgehead atoms. The van der Waals surface area contributed by atoms with Crippen LogP contribution >= 0.6 is 11.5 Å². The van der Waals surface area contributed by atoms with E-state index in [1.54, 1.807) is 18.5 Å². The molecule has 5 nitrogen and oxygen atoms in total. The summed E-state index contributed by atoms with van der Waals surface area (Å²) in [6, 6.07) is 13.0. The Morgan fingerprint density at radius 3 is 2.40 bits per heavy atom. The largest absolute Gasteiger partial charge is 0.368 e. The summed E-state index contributed by atoms with van der Waals surface area (Å²) < 4.78 is 18.9. The Balaban J connectivity index is 1.41. The number of nitrogens with zero attached hydrogens (tertiary/aromatic N) is 5. The third-order valence-corrected chi connectivity index (χ3v) is 6.47. The second-order valence-corrected chi connectivity index (χ2v) is 8.45. The van der Waals surface area contributed by atoms with Crippen molar-refractivity contribution in [3.63, 3.8) is 0 Å². The van der Waals surface area contributed by atoms with Crippen molar-refractivity contribution in [1.82, 2.24) is 14.3 Å². The molecule has 5 rings (SSSR count). The van der Waals surface area contributed by atoms with Gasteiger partial charge in [-0.1, -0.05) is 12.1 Å². The molecule has 152 valence electrons. The number of aromatic nitrogens is 3. The third kappa shape index (κ3) is 3.39. The summed E-state index contributed by atoms with van der Waals surface area (Å²) in [6.07, 6.45) is 1.61. The van der Waals surface area contributed by atoms with Gasteiger partial charge in [-0.3, -0.25) is 0 Å². The number of benzene rings is 2. The van der Waals surface area contributed by atoms with E-state index in [4.69, 9.17) is 0 Å². The minimum absolute atomic E-state index is 0.254. The molecule has 0 radical (unpaired) electrons. The number of hydrogen-bond acceptors (Lipinski definition) is 6. The van der Waals surface area contributed by atoms with Gasteiger partial charge in [0.2, 0.25) is 0 Å². The number of fused-ring (bicyclic) bond motifs is 1. The summed E-state index contributed by atoms with van der Waals surface area (Å²) in [6.45, 7) is 7.98. The zero-order valence-electron chi connectivity index (χ0n) is 17.0. The molecule has 1 saturated heterocycles. The maximum absolute atomic E-state index is 13.3. The molecular formula is C23H22FN5S. The van der Waals surface area contributed by atoms with E-state index in [1.807, 2.05) is 0 Å². The van der Waals surface area contributed by atoms with Crippen LogP contribution in [0.4, 0.5) is 15.9 Å². The Labute approximate surface area is 179 Å². The number of aryl methyl sites for hydroxylation is 2. The van der Waals surface area contributed by atoms with E-state index in [-0.39, 0.29) is 5.82 Å². The van der Waals surface area contributed by atoms with E-state index in [0.29, 0.717) is 0 Å². The Hall–Kier alpha value is -3.06. The fourth-order valence-corrected chi connectivity index (χ4v) is 4.87. The van der Waals surface area contributed by atoms with Crippen LogP contribution in [0.2, 0.25) is 0 Å². The lowest BCUT2D eigenvalue weighted by Crippen LogP contribution is -2.47. The molecular weight excluding hydrogens is 397 g/mol. The molecule has 4 aromatic rings. The second kappa shape index (κ2) is 7.65. The molecule has 0 spiro atoms. The van der Waals surface area contributed by atoms with Crippen LogP contribution < -0.4 is 9.80 Å². The summed E-state index contributed by atoms with van der Waals surface area (Å²) in [7, 11) is 0. The number of halogens is 1. The van der Waals surface area contributed by atoms with Gasteiger partial charge in [0.25, 0.3) is 0 Å². The number of hydrogen-bond donors (Lipinski definition) is 0. The average Bonchev–Trinajstić information content (AvgIpc) is 3.20. The molecule has 7 heteroatoms. The predicted molar refractivity (Wildman–Crippen MR) is 121 cm³/mol. The Morgan fingerprint density at radius 1 is 0.900 bits per heavy atom. The molecule has 0 atom stereocenters. The van der Waals surface area contributed by atoms with Crippen LogP contribution in [0.25, 0.3) is 21.5 Å². The first-order valence-electron chi connectivity index (χ1n) is 10.0. The van der Waals surface area contributed by atoms with E-state index in [0.717, 1.165) is 53.5 Å². The van der Waals surface area contributed by atoms with Crippen LogP contribution in [0.15, 0.2) is 48.8 Å². The van der Waals surface area contributed by atoms with Gasteiger partial charge in [-0.05, 0) is 66.8 Å². The van der Waals surface area contributed by atoms with Gasteiger partial charge in [-0.15, -0.1) is 0 Å². The minimum Gasteiger partial charge on any atom is -0.368 e. The van der Waals surface area contributed by atoms with Gasteiger partial charge < -0.3 is 9.80 Å². The van der Waals surface area contributed by atoms with Gasteiger partial charge in [-0.2, -0.15) is 4.37 Å². The Morgan fingerprint density at radius 2 is 1.63 bits per heavy atom. The number of anilines is 2. The zero-order valence-corrected chi connectivity index (χ0v) is 17.8. The monoisotopic (exact) mass is 419 g/mol.